The molecule has 0 fully saturated rings. The van der Waals surface area contributed by atoms with Gasteiger partial charge in [0.05, 0.1) is 22.1 Å². The van der Waals surface area contributed by atoms with Crippen LogP contribution in [-0.4, -0.2) is 36.4 Å². The van der Waals surface area contributed by atoms with Crippen LogP contribution in [0, 0.1) is 13.8 Å². The zero-order valence-electron chi connectivity index (χ0n) is 13.7. The summed E-state index contributed by atoms with van der Waals surface area (Å²) in [6.07, 6.45) is 0. The minimum atomic E-state index is -0.578. The second kappa shape index (κ2) is 7.54. The highest BCUT2D eigenvalue weighted by atomic mass is 32.1. The molecule has 24 heavy (non-hydrogen) atoms. The number of esters is 1. The van der Waals surface area contributed by atoms with Crippen LogP contribution in [0.3, 0.4) is 0 Å². The molecule has 0 radical (unpaired) electrons. The fraction of sp³-hybridized carbons (Fsp3) is 0.333. The quantitative estimate of drug-likeness (QED) is 0.792. The summed E-state index contributed by atoms with van der Waals surface area (Å²) < 4.78 is 5.04. The van der Waals surface area contributed by atoms with E-state index in [0.717, 1.165) is 16.3 Å². The minimum Gasteiger partial charge on any atom is -0.462 e. The van der Waals surface area contributed by atoms with Gasteiger partial charge in [-0.25, -0.2) is 9.78 Å². The minimum absolute atomic E-state index is 0.195. The number of aryl methyl sites for hydroxylation is 1. The molecule has 0 bridgehead atoms. The smallest absolute Gasteiger partial charge is 0.341 e. The SMILES string of the molecule is CCOC(=O)c1c(NC(=O)c2csc(C)n2)sc(C(=O)NC)c1C. The van der Waals surface area contributed by atoms with Gasteiger partial charge in [0.1, 0.15) is 10.7 Å². The van der Waals surface area contributed by atoms with Crippen molar-refractivity contribution in [2.75, 3.05) is 19.0 Å². The number of thiophene rings is 1. The molecule has 0 aliphatic carbocycles. The van der Waals surface area contributed by atoms with Crippen LogP contribution < -0.4 is 10.6 Å². The number of carbonyl (C=O) groups excluding carboxylic acids is 3. The number of aromatic nitrogens is 1. The van der Waals surface area contributed by atoms with Crippen LogP contribution in [0.15, 0.2) is 5.38 Å². The molecule has 7 nitrogen and oxygen atoms in total. The Morgan fingerprint density at radius 3 is 2.50 bits per heavy atom. The number of hydrogen-bond donors (Lipinski definition) is 2. The van der Waals surface area contributed by atoms with E-state index in [0.29, 0.717) is 10.4 Å². The van der Waals surface area contributed by atoms with Gasteiger partial charge in [0.15, 0.2) is 0 Å². The largest absolute Gasteiger partial charge is 0.462 e. The summed E-state index contributed by atoms with van der Waals surface area (Å²) in [5, 5.41) is 7.86. The van der Waals surface area contributed by atoms with Gasteiger partial charge in [-0.2, -0.15) is 0 Å². The van der Waals surface area contributed by atoms with E-state index in [9.17, 15) is 14.4 Å². The molecule has 0 aromatic carbocycles. The first-order chi connectivity index (χ1) is 11.4. The summed E-state index contributed by atoms with van der Waals surface area (Å²) in [5.41, 5.74) is 0.933. The van der Waals surface area contributed by atoms with E-state index in [4.69, 9.17) is 4.74 Å². The van der Waals surface area contributed by atoms with E-state index >= 15 is 0 Å². The molecule has 0 unspecified atom stereocenters. The van der Waals surface area contributed by atoms with E-state index < -0.39 is 11.9 Å². The van der Waals surface area contributed by atoms with Crippen molar-refractivity contribution in [3.8, 4) is 0 Å². The van der Waals surface area contributed by atoms with Crippen molar-refractivity contribution in [2.45, 2.75) is 20.8 Å². The Labute approximate surface area is 147 Å². The summed E-state index contributed by atoms with van der Waals surface area (Å²) in [6.45, 7) is 5.33. The predicted molar refractivity (Wildman–Crippen MR) is 93.2 cm³/mol. The van der Waals surface area contributed by atoms with Gasteiger partial charge < -0.3 is 15.4 Å². The molecule has 2 aromatic heterocycles. The first-order valence-corrected chi connectivity index (χ1v) is 8.84. The van der Waals surface area contributed by atoms with Crippen molar-refractivity contribution in [2.24, 2.45) is 0 Å². The highest BCUT2D eigenvalue weighted by Gasteiger charge is 2.26. The van der Waals surface area contributed by atoms with Crippen molar-refractivity contribution in [3.05, 3.63) is 32.1 Å². The van der Waals surface area contributed by atoms with Crippen molar-refractivity contribution >= 4 is 45.5 Å². The normalized spacial score (nSPS) is 10.3. The molecular formula is C15H17N3O4S2. The van der Waals surface area contributed by atoms with Crippen LogP contribution in [0.25, 0.3) is 0 Å². The number of nitrogens with zero attached hydrogens (tertiary/aromatic N) is 1. The van der Waals surface area contributed by atoms with Crippen LogP contribution in [0.1, 0.15) is 48.0 Å². The van der Waals surface area contributed by atoms with Crippen LogP contribution in [0.4, 0.5) is 5.00 Å². The molecule has 2 heterocycles. The van der Waals surface area contributed by atoms with E-state index in [-0.39, 0.29) is 28.8 Å². The Hall–Kier alpha value is -2.26. The van der Waals surface area contributed by atoms with Gasteiger partial charge in [0, 0.05) is 12.4 Å². The maximum Gasteiger partial charge on any atom is 0.341 e. The molecule has 0 saturated heterocycles. The predicted octanol–water partition coefficient (Wildman–Crippen LogP) is 2.61. The van der Waals surface area contributed by atoms with Gasteiger partial charge in [0.25, 0.3) is 11.8 Å². The van der Waals surface area contributed by atoms with Crippen molar-refractivity contribution in [1.82, 2.24) is 10.3 Å². The van der Waals surface area contributed by atoms with Crippen molar-refractivity contribution < 1.29 is 19.1 Å². The van der Waals surface area contributed by atoms with E-state index in [1.54, 1.807) is 26.2 Å². The third kappa shape index (κ3) is 3.62. The lowest BCUT2D eigenvalue weighted by molar-refractivity contribution is 0.0527. The second-order valence-electron chi connectivity index (χ2n) is 4.77. The highest BCUT2D eigenvalue weighted by molar-refractivity contribution is 7.18. The monoisotopic (exact) mass is 367 g/mol. The Morgan fingerprint density at radius 2 is 1.96 bits per heavy atom. The number of rotatable bonds is 5. The van der Waals surface area contributed by atoms with Gasteiger partial charge >= 0.3 is 5.97 Å². The fourth-order valence-electron chi connectivity index (χ4n) is 2.02. The first-order valence-electron chi connectivity index (χ1n) is 7.15. The second-order valence-corrected chi connectivity index (χ2v) is 6.85. The number of hydrogen-bond acceptors (Lipinski definition) is 7. The van der Waals surface area contributed by atoms with E-state index in [1.165, 1.54) is 18.4 Å². The molecule has 0 aliphatic heterocycles. The van der Waals surface area contributed by atoms with Crippen molar-refractivity contribution in [1.29, 1.82) is 0 Å². The molecular weight excluding hydrogens is 350 g/mol. The molecule has 128 valence electrons. The average molecular weight is 367 g/mol. The summed E-state index contributed by atoms with van der Waals surface area (Å²) in [7, 11) is 1.50. The third-order valence-corrected chi connectivity index (χ3v) is 5.12. The topological polar surface area (TPSA) is 97.4 Å². The van der Waals surface area contributed by atoms with Gasteiger partial charge in [-0.1, -0.05) is 0 Å². The summed E-state index contributed by atoms with van der Waals surface area (Å²) in [5.74, 6) is -1.34. The molecule has 2 N–H and O–H groups in total. The Kier molecular flexibility index (Phi) is 5.68. The zero-order valence-corrected chi connectivity index (χ0v) is 15.3. The average Bonchev–Trinajstić information content (AvgIpc) is 3.10. The van der Waals surface area contributed by atoms with Gasteiger partial charge in [-0.05, 0) is 26.3 Å². The van der Waals surface area contributed by atoms with Crippen LogP contribution >= 0.6 is 22.7 Å². The molecule has 9 heteroatoms. The lowest BCUT2D eigenvalue weighted by Gasteiger charge is -2.06. The summed E-state index contributed by atoms with van der Waals surface area (Å²) in [6, 6.07) is 0. The number of thiazole rings is 1. The first kappa shape index (κ1) is 18.1. The Balaban J connectivity index is 2.41. The number of anilines is 1. The fourth-order valence-corrected chi connectivity index (χ4v) is 3.74. The molecule has 2 rings (SSSR count). The van der Waals surface area contributed by atoms with Gasteiger partial charge in [0.2, 0.25) is 0 Å². The zero-order chi connectivity index (χ0) is 17.9. The van der Waals surface area contributed by atoms with Gasteiger partial charge in [-0.3, -0.25) is 9.59 Å². The Bertz CT molecular complexity index is 795. The maximum atomic E-state index is 12.3. The lowest BCUT2D eigenvalue weighted by atomic mass is 10.1. The number of ether oxygens (including phenoxy) is 1. The van der Waals surface area contributed by atoms with Crippen LogP contribution in [-0.2, 0) is 4.74 Å². The Morgan fingerprint density at radius 1 is 1.25 bits per heavy atom. The third-order valence-electron chi connectivity index (χ3n) is 3.14. The molecule has 0 spiro atoms. The standard InChI is InChI=1S/C15H17N3O4S2/c1-5-22-15(21)10-7(2)11(13(20)16-4)24-14(10)18-12(19)9-6-23-8(3)17-9/h6H,5H2,1-4H3,(H,16,20)(H,18,19). The molecule has 0 aliphatic rings. The molecule has 2 amide bonds. The molecule has 0 atom stereocenters. The van der Waals surface area contributed by atoms with Crippen LogP contribution in [0.5, 0.6) is 0 Å². The van der Waals surface area contributed by atoms with E-state index in [1.807, 2.05) is 0 Å². The number of nitrogens with one attached hydrogen (secondary N) is 2. The molecule has 2 aromatic rings. The van der Waals surface area contributed by atoms with Crippen molar-refractivity contribution in [3.63, 3.8) is 0 Å². The lowest BCUT2D eigenvalue weighted by Crippen LogP contribution is -2.18. The summed E-state index contributed by atoms with van der Waals surface area (Å²) >= 11 is 2.39. The van der Waals surface area contributed by atoms with E-state index in [2.05, 4.69) is 15.6 Å². The number of amides is 2. The van der Waals surface area contributed by atoms with Crippen LogP contribution in [0.2, 0.25) is 0 Å². The maximum absolute atomic E-state index is 12.3. The number of carbonyl (C=O) groups is 3. The highest BCUT2D eigenvalue weighted by Crippen LogP contribution is 2.34. The van der Waals surface area contributed by atoms with Gasteiger partial charge in [-0.15, -0.1) is 22.7 Å². The summed E-state index contributed by atoms with van der Waals surface area (Å²) in [4.78, 5) is 41.0. The molecule has 0 saturated carbocycles.